The first kappa shape index (κ1) is 14.7. The van der Waals surface area contributed by atoms with Gasteiger partial charge in [-0.1, -0.05) is 0 Å². The van der Waals surface area contributed by atoms with E-state index in [2.05, 4.69) is 0 Å². The lowest BCUT2D eigenvalue weighted by Crippen LogP contribution is -2.29. The summed E-state index contributed by atoms with van der Waals surface area (Å²) in [5.41, 5.74) is -0.388. The Morgan fingerprint density at radius 1 is 1.40 bits per heavy atom. The average Bonchev–Trinajstić information content (AvgIpc) is 2.42. The number of ether oxygens (including phenoxy) is 1. The highest BCUT2D eigenvalue weighted by Crippen LogP contribution is 2.27. The van der Waals surface area contributed by atoms with Crippen molar-refractivity contribution in [1.82, 2.24) is 4.57 Å². The van der Waals surface area contributed by atoms with Crippen molar-refractivity contribution in [2.24, 2.45) is 5.92 Å². The van der Waals surface area contributed by atoms with Crippen molar-refractivity contribution in [1.29, 1.82) is 0 Å². The SMILES string of the molecule is CO[C@H]1CC[C@@H](Cn2ccc(C)c([N+](=O)[O-])c2=O)CC1. The lowest BCUT2D eigenvalue weighted by molar-refractivity contribution is -0.387. The zero-order valence-corrected chi connectivity index (χ0v) is 11.9. The highest BCUT2D eigenvalue weighted by molar-refractivity contribution is 5.35. The number of hydrogen-bond acceptors (Lipinski definition) is 4. The fourth-order valence-electron chi connectivity index (χ4n) is 2.85. The van der Waals surface area contributed by atoms with Crippen LogP contribution in [0.1, 0.15) is 31.2 Å². The molecule has 0 N–H and O–H groups in total. The van der Waals surface area contributed by atoms with Crippen LogP contribution in [0.2, 0.25) is 0 Å². The average molecular weight is 280 g/mol. The predicted octanol–water partition coefficient (Wildman–Crippen LogP) is 2.27. The summed E-state index contributed by atoms with van der Waals surface area (Å²) < 4.78 is 6.80. The van der Waals surface area contributed by atoms with Crippen LogP contribution in [0, 0.1) is 23.0 Å². The largest absolute Gasteiger partial charge is 0.381 e. The predicted molar refractivity (Wildman–Crippen MR) is 74.8 cm³/mol. The van der Waals surface area contributed by atoms with Gasteiger partial charge in [-0.15, -0.1) is 0 Å². The third kappa shape index (κ3) is 3.07. The molecule has 0 bridgehead atoms. The third-order valence-corrected chi connectivity index (χ3v) is 4.11. The van der Waals surface area contributed by atoms with E-state index in [1.54, 1.807) is 26.3 Å². The van der Waals surface area contributed by atoms with Gasteiger partial charge in [0.05, 0.1) is 11.0 Å². The number of aromatic nitrogens is 1. The van der Waals surface area contributed by atoms with E-state index in [-0.39, 0.29) is 5.69 Å². The van der Waals surface area contributed by atoms with Gasteiger partial charge in [-0.25, -0.2) is 0 Å². The smallest absolute Gasteiger partial charge is 0.336 e. The summed E-state index contributed by atoms with van der Waals surface area (Å²) >= 11 is 0. The fourth-order valence-corrected chi connectivity index (χ4v) is 2.85. The number of methoxy groups -OCH3 is 1. The summed E-state index contributed by atoms with van der Waals surface area (Å²) in [6.45, 7) is 2.14. The fraction of sp³-hybridized carbons (Fsp3) is 0.643. The van der Waals surface area contributed by atoms with Crippen molar-refractivity contribution in [2.75, 3.05) is 7.11 Å². The van der Waals surface area contributed by atoms with Gasteiger partial charge in [-0.05, 0) is 44.6 Å². The zero-order valence-electron chi connectivity index (χ0n) is 11.9. The molecule has 6 nitrogen and oxygen atoms in total. The maximum atomic E-state index is 12.1. The quantitative estimate of drug-likeness (QED) is 0.626. The lowest BCUT2D eigenvalue weighted by Gasteiger charge is -2.27. The molecule has 1 fully saturated rings. The van der Waals surface area contributed by atoms with Gasteiger partial charge in [-0.3, -0.25) is 14.9 Å². The Morgan fingerprint density at radius 3 is 2.60 bits per heavy atom. The Morgan fingerprint density at radius 2 is 2.05 bits per heavy atom. The Balaban J connectivity index is 2.13. The van der Waals surface area contributed by atoms with E-state index in [0.29, 0.717) is 24.1 Å². The molecular weight excluding hydrogens is 260 g/mol. The zero-order chi connectivity index (χ0) is 14.7. The molecule has 0 atom stereocenters. The maximum Gasteiger partial charge on any atom is 0.336 e. The van der Waals surface area contributed by atoms with Crippen molar-refractivity contribution in [3.8, 4) is 0 Å². The molecule has 1 aliphatic rings. The van der Waals surface area contributed by atoms with Crippen molar-refractivity contribution in [3.63, 3.8) is 0 Å². The van der Waals surface area contributed by atoms with Crippen LogP contribution in [-0.2, 0) is 11.3 Å². The molecule has 20 heavy (non-hydrogen) atoms. The van der Waals surface area contributed by atoms with Crippen LogP contribution >= 0.6 is 0 Å². The lowest BCUT2D eigenvalue weighted by atomic mass is 9.87. The van der Waals surface area contributed by atoms with Gasteiger partial charge in [0.25, 0.3) is 0 Å². The first-order valence-corrected chi connectivity index (χ1v) is 6.90. The Bertz CT molecular complexity index is 545. The van der Waals surface area contributed by atoms with E-state index in [9.17, 15) is 14.9 Å². The van der Waals surface area contributed by atoms with Crippen LogP contribution in [0.5, 0.6) is 0 Å². The van der Waals surface area contributed by atoms with Gasteiger partial charge >= 0.3 is 11.2 Å². The van der Waals surface area contributed by atoms with E-state index in [1.165, 1.54) is 4.57 Å². The van der Waals surface area contributed by atoms with Gasteiger partial charge < -0.3 is 9.30 Å². The maximum absolute atomic E-state index is 12.1. The summed E-state index contributed by atoms with van der Waals surface area (Å²) in [6.07, 6.45) is 5.94. The van der Waals surface area contributed by atoms with Gasteiger partial charge in [-0.2, -0.15) is 0 Å². The molecule has 0 spiro atoms. The summed E-state index contributed by atoms with van der Waals surface area (Å²) in [7, 11) is 1.72. The molecule has 0 saturated heterocycles. The molecule has 2 rings (SSSR count). The Labute approximate surface area is 117 Å². The minimum absolute atomic E-state index is 0.307. The van der Waals surface area contributed by atoms with E-state index in [1.807, 2.05) is 0 Å². The third-order valence-electron chi connectivity index (χ3n) is 4.11. The Hall–Kier alpha value is -1.69. The van der Waals surface area contributed by atoms with Crippen molar-refractivity contribution < 1.29 is 9.66 Å². The van der Waals surface area contributed by atoms with Crippen LogP contribution in [-0.4, -0.2) is 22.7 Å². The normalized spacial score (nSPS) is 22.7. The second-order valence-corrected chi connectivity index (χ2v) is 5.44. The highest BCUT2D eigenvalue weighted by Gasteiger charge is 2.23. The van der Waals surface area contributed by atoms with Gasteiger partial charge in [0.15, 0.2) is 0 Å². The molecule has 0 amide bonds. The van der Waals surface area contributed by atoms with Crippen LogP contribution in [0.15, 0.2) is 17.1 Å². The molecule has 6 heteroatoms. The van der Waals surface area contributed by atoms with E-state index in [4.69, 9.17) is 4.74 Å². The number of pyridine rings is 1. The number of nitro groups is 1. The molecule has 0 unspecified atom stereocenters. The molecule has 0 aliphatic heterocycles. The molecule has 1 heterocycles. The minimum atomic E-state index is -0.587. The summed E-state index contributed by atoms with van der Waals surface area (Å²) in [5.74, 6) is 0.390. The summed E-state index contributed by atoms with van der Waals surface area (Å²) in [5, 5.41) is 10.9. The molecule has 110 valence electrons. The van der Waals surface area contributed by atoms with Crippen LogP contribution < -0.4 is 5.56 Å². The van der Waals surface area contributed by atoms with Crippen molar-refractivity contribution in [2.45, 2.75) is 45.3 Å². The van der Waals surface area contributed by atoms with Crippen LogP contribution in [0.4, 0.5) is 5.69 Å². The van der Waals surface area contributed by atoms with E-state index >= 15 is 0 Å². The monoisotopic (exact) mass is 280 g/mol. The van der Waals surface area contributed by atoms with Crippen LogP contribution in [0.25, 0.3) is 0 Å². The molecule has 0 radical (unpaired) electrons. The van der Waals surface area contributed by atoms with Crippen LogP contribution in [0.3, 0.4) is 0 Å². The number of rotatable bonds is 4. The van der Waals surface area contributed by atoms with E-state index < -0.39 is 10.5 Å². The summed E-state index contributed by atoms with van der Waals surface area (Å²) in [6, 6.07) is 1.64. The van der Waals surface area contributed by atoms with Gasteiger partial charge in [0.1, 0.15) is 0 Å². The topological polar surface area (TPSA) is 74.4 Å². The molecule has 1 saturated carbocycles. The molecule has 0 aromatic carbocycles. The minimum Gasteiger partial charge on any atom is -0.381 e. The van der Waals surface area contributed by atoms with Crippen molar-refractivity contribution >= 4 is 5.69 Å². The second-order valence-electron chi connectivity index (χ2n) is 5.44. The Kier molecular flexibility index (Phi) is 4.54. The van der Waals surface area contributed by atoms with Gasteiger partial charge in [0, 0.05) is 25.4 Å². The second kappa shape index (κ2) is 6.17. The molecule has 1 aromatic heterocycles. The highest BCUT2D eigenvalue weighted by atomic mass is 16.6. The molecule has 1 aromatic rings. The standard InChI is InChI=1S/C14H20N2O4/c1-10-7-8-15(14(17)13(10)16(18)19)9-11-3-5-12(20-2)6-4-11/h7-8,11-12H,3-6,9H2,1-2H3/t11-,12+. The summed E-state index contributed by atoms with van der Waals surface area (Å²) in [4.78, 5) is 22.5. The molecule has 1 aliphatic carbocycles. The molecular formula is C14H20N2O4. The first-order chi connectivity index (χ1) is 9.52. The number of hydrogen-bond donors (Lipinski definition) is 0. The first-order valence-electron chi connectivity index (χ1n) is 6.90. The van der Waals surface area contributed by atoms with Gasteiger partial charge in [0.2, 0.25) is 0 Å². The number of aryl methyl sites for hydroxylation is 1. The van der Waals surface area contributed by atoms with Crippen molar-refractivity contribution in [3.05, 3.63) is 38.3 Å². The van der Waals surface area contributed by atoms with E-state index in [0.717, 1.165) is 25.7 Å². The number of nitrogens with zero attached hydrogens (tertiary/aromatic N) is 2.